The number of aromatic nitrogens is 2. The summed E-state index contributed by atoms with van der Waals surface area (Å²) in [6.45, 7) is 5.63. The van der Waals surface area contributed by atoms with Gasteiger partial charge in [0, 0.05) is 32.0 Å². The lowest BCUT2D eigenvalue weighted by Crippen LogP contribution is -2.39. The molecule has 0 atom stereocenters. The number of hydrogen-bond acceptors (Lipinski definition) is 5. The second kappa shape index (κ2) is 7.22. The first-order chi connectivity index (χ1) is 13.2. The third kappa shape index (κ3) is 3.00. The number of aliphatic hydroxyl groups is 1. The fourth-order valence-electron chi connectivity index (χ4n) is 3.89. The number of ketones is 2. The molecule has 1 aliphatic rings. The van der Waals surface area contributed by atoms with E-state index < -0.39 is 17.0 Å². The van der Waals surface area contributed by atoms with E-state index in [4.69, 9.17) is 0 Å². The van der Waals surface area contributed by atoms with Crippen molar-refractivity contribution in [2.75, 3.05) is 0 Å². The smallest absolute Gasteiger partial charge is 0.331 e. The monoisotopic (exact) mass is 384 g/mol. The van der Waals surface area contributed by atoms with Gasteiger partial charge >= 0.3 is 5.69 Å². The highest BCUT2D eigenvalue weighted by atomic mass is 16.3. The van der Waals surface area contributed by atoms with Crippen LogP contribution >= 0.6 is 0 Å². The molecule has 2 aromatic rings. The first-order valence-electron chi connectivity index (χ1n) is 9.42. The normalized spacial score (nSPS) is 17.4. The van der Waals surface area contributed by atoms with Gasteiger partial charge in [0.15, 0.2) is 11.6 Å². The molecule has 1 fully saturated rings. The van der Waals surface area contributed by atoms with E-state index in [2.05, 4.69) is 0 Å². The van der Waals surface area contributed by atoms with E-state index in [1.54, 1.807) is 26.1 Å². The van der Waals surface area contributed by atoms with Crippen molar-refractivity contribution in [3.8, 4) is 0 Å². The fourth-order valence-corrected chi connectivity index (χ4v) is 3.89. The zero-order chi connectivity index (χ0) is 20.7. The molecule has 1 heterocycles. The Bertz CT molecular complexity index is 1130. The minimum atomic E-state index is -0.438. The van der Waals surface area contributed by atoms with Gasteiger partial charge in [0.2, 0.25) is 0 Å². The zero-order valence-electron chi connectivity index (χ0n) is 16.5. The van der Waals surface area contributed by atoms with Crippen molar-refractivity contribution in [3.63, 3.8) is 0 Å². The first-order valence-corrected chi connectivity index (χ1v) is 9.42. The maximum Gasteiger partial charge on any atom is 0.331 e. The summed E-state index contributed by atoms with van der Waals surface area (Å²) in [6.07, 6.45) is 1.03. The maximum absolute atomic E-state index is 13.0. The van der Waals surface area contributed by atoms with Crippen molar-refractivity contribution < 1.29 is 14.7 Å². The summed E-state index contributed by atoms with van der Waals surface area (Å²) >= 11 is 0. The second-order valence-electron chi connectivity index (χ2n) is 7.51. The number of rotatable bonds is 3. The molecule has 1 N–H and O–H groups in total. The van der Waals surface area contributed by atoms with Crippen molar-refractivity contribution in [3.05, 3.63) is 49.7 Å². The lowest BCUT2D eigenvalue weighted by atomic mass is 9.83. The van der Waals surface area contributed by atoms with E-state index in [1.807, 2.05) is 13.8 Å². The molecule has 1 aromatic carbocycles. The Labute approximate surface area is 161 Å². The van der Waals surface area contributed by atoms with E-state index >= 15 is 0 Å². The fraction of sp³-hybridized carbons (Fsp3) is 0.429. The molecule has 0 bridgehead atoms. The number of carbonyl (C=O) groups excluding carboxylic acids is 2. The quantitative estimate of drug-likeness (QED) is 0.497. The van der Waals surface area contributed by atoms with Crippen LogP contribution in [0.1, 0.15) is 44.2 Å². The second-order valence-corrected chi connectivity index (χ2v) is 7.51. The van der Waals surface area contributed by atoms with Crippen LogP contribution in [-0.4, -0.2) is 25.8 Å². The van der Waals surface area contributed by atoms with Gasteiger partial charge in [-0.05, 0) is 37.0 Å². The molecule has 1 saturated carbocycles. The number of fused-ring (bicyclic) bond motifs is 1. The summed E-state index contributed by atoms with van der Waals surface area (Å²) in [4.78, 5) is 50.1. The van der Waals surface area contributed by atoms with Crippen LogP contribution in [0.5, 0.6) is 0 Å². The Hall–Kier alpha value is -2.96. The molecule has 0 radical (unpaired) electrons. The molecule has 7 nitrogen and oxygen atoms in total. The van der Waals surface area contributed by atoms with E-state index in [-0.39, 0.29) is 48.0 Å². The Kier molecular flexibility index (Phi) is 5.10. The van der Waals surface area contributed by atoms with Gasteiger partial charge in [-0.25, -0.2) is 4.79 Å². The number of nitrogens with zero attached hydrogens (tertiary/aromatic N) is 2. The number of aryl methyl sites for hydroxylation is 2. The molecule has 3 rings (SSSR count). The Balaban J connectivity index is 2.33. The molecule has 0 spiro atoms. The van der Waals surface area contributed by atoms with Crippen LogP contribution in [-0.2, 0) is 23.2 Å². The molecule has 1 aromatic heterocycles. The Morgan fingerprint density at radius 2 is 1.75 bits per heavy atom. The number of hydrogen-bond donors (Lipinski definition) is 1. The topological polar surface area (TPSA) is 98.4 Å². The third-order valence-electron chi connectivity index (χ3n) is 5.35. The van der Waals surface area contributed by atoms with Gasteiger partial charge < -0.3 is 5.11 Å². The summed E-state index contributed by atoms with van der Waals surface area (Å²) in [6, 6.07) is 3.11. The van der Waals surface area contributed by atoms with Crippen LogP contribution in [0.2, 0.25) is 0 Å². The van der Waals surface area contributed by atoms with Gasteiger partial charge in [-0.1, -0.05) is 13.8 Å². The van der Waals surface area contributed by atoms with E-state index in [9.17, 15) is 24.3 Å². The lowest BCUT2D eigenvalue weighted by Gasteiger charge is -2.20. The van der Waals surface area contributed by atoms with Crippen LogP contribution in [0.3, 0.4) is 0 Å². The average molecular weight is 384 g/mol. The highest BCUT2D eigenvalue weighted by Gasteiger charge is 2.32. The number of carbonyl (C=O) groups is 2. The van der Waals surface area contributed by atoms with Crippen molar-refractivity contribution in [2.45, 2.75) is 46.6 Å². The highest BCUT2D eigenvalue weighted by molar-refractivity contribution is 6.26. The van der Waals surface area contributed by atoms with E-state index in [0.717, 1.165) is 0 Å². The van der Waals surface area contributed by atoms with E-state index in [1.165, 1.54) is 9.13 Å². The zero-order valence-corrected chi connectivity index (χ0v) is 16.5. The van der Waals surface area contributed by atoms with Crippen LogP contribution in [0.4, 0.5) is 0 Å². The molecule has 28 heavy (non-hydrogen) atoms. The Morgan fingerprint density at radius 3 is 2.32 bits per heavy atom. The van der Waals surface area contributed by atoms with Crippen LogP contribution in [0.25, 0.3) is 16.7 Å². The summed E-state index contributed by atoms with van der Waals surface area (Å²) in [7, 11) is 1.59. The average Bonchev–Trinajstić information content (AvgIpc) is 2.62. The molecule has 148 valence electrons. The lowest BCUT2D eigenvalue weighted by molar-refractivity contribution is -0.125. The molecule has 1 aliphatic carbocycles. The summed E-state index contributed by atoms with van der Waals surface area (Å²) in [5.74, 6) is -1.21. The molecule has 7 heteroatoms. The predicted molar refractivity (Wildman–Crippen MR) is 106 cm³/mol. The summed E-state index contributed by atoms with van der Waals surface area (Å²) in [5, 5.41) is 11.1. The SMILES string of the molecule is CCCn1c(=O)c2c(C)c(C(O)=C3C(=O)CC(C)CC3=O)ccc2n(C)c1=O. The van der Waals surface area contributed by atoms with Gasteiger partial charge in [0.25, 0.3) is 5.56 Å². The number of benzene rings is 1. The largest absolute Gasteiger partial charge is 0.506 e. The van der Waals surface area contributed by atoms with Crippen molar-refractivity contribution in [2.24, 2.45) is 13.0 Å². The molecular formula is C21H24N2O5. The molecule has 0 amide bonds. The van der Waals surface area contributed by atoms with Crippen LogP contribution in [0, 0.1) is 12.8 Å². The van der Waals surface area contributed by atoms with Gasteiger partial charge in [-0.3, -0.25) is 23.5 Å². The maximum atomic E-state index is 13.0. The minimum absolute atomic E-state index is 0.0509. The predicted octanol–water partition coefficient (Wildman–Crippen LogP) is 2.26. The van der Waals surface area contributed by atoms with Crippen molar-refractivity contribution >= 4 is 28.2 Å². The molecule has 0 saturated heterocycles. The molecule has 0 aliphatic heterocycles. The molecular weight excluding hydrogens is 360 g/mol. The van der Waals surface area contributed by atoms with Gasteiger partial charge in [-0.15, -0.1) is 0 Å². The number of allylic oxidation sites excluding steroid dienone is 1. The first kappa shape index (κ1) is 19.8. The minimum Gasteiger partial charge on any atom is -0.506 e. The van der Waals surface area contributed by atoms with Crippen molar-refractivity contribution in [1.82, 2.24) is 9.13 Å². The Morgan fingerprint density at radius 1 is 1.14 bits per heavy atom. The molecule has 0 unspecified atom stereocenters. The van der Waals surface area contributed by atoms with Crippen LogP contribution < -0.4 is 11.2 Å². The van der Waals surface area contributed by atoms with Gasteiger partial charge in [-0.2, -0.15) is 0 Å². The summed E-state index contributed by atoms with van der Waals surface area (Å²) in [5.41, 5.74) is 0.105. The number of aliphatic hydroxyl groups excluding tert-OH is 1. The van der Waals surface area contributed by atoms with Crippen LogP contribution in [0.15, 0.2) is 27.3 Å². The van der Waals surface area contributed by atoms with Crippen molar-refractivity contribution in [1.29, 1.82) is 0 Å². The standard InChI is InChI=1S/C21H24N2O5/c1-5-8-23-20(27)17-12(3)13(6-7-14(17)22(4)21(23)28)19(26)18-15(24)9-11(2)10-16(18)25/h6-7,11,26H,5,8-10H2,1-4H3. The third-order valence-corrected chi connectivity index (χ3v) is 5.35. The van der Waals surface area contributed by atoms with Gasteiger partial charge in [0.1, 0.15) is 11.3 Å². The van der Waals surface area contributed by atoms with E-state index in [0.29, 0.717) is 22.9 Å². The number of Topliss-reactive ketones (excluding diaryl/α,β-unsaturated/α-hetero) is 2. The summed E-state index contributed by atoms with van der Waals surface area (Å²) < 4.78 is 2.56. The van der Waals surface area contributed by atoms with Gasteiger partial charge in [0.05, 0.1) is 10.9 Å². The highest BCUT2D eigenvalue weighted by Crippen LogP contribution is 2.30.